The van der Waals surface area contributed by atoms with Gasteiger partial charge < -0.3 is 10.0 Å². The number of carbonyl (C=O) groups is 1. The number of carboxylic acids is 1. The van der Waals surface area contributed by atoms with Crippen molar-refractivity contribution in [3.05, 3.63) is 59.4 Å². The number of carboxylic acid groups (broad SMARTS) is 1. The van der Waals surface area contributed by atoms with E-state index in [1.54, 1.807) is 24.3 Å². The van der Waals surface area contributed by atoms with Crippen molar-refractivity contribution < 1.29 is 14.3 Å². The highest BCUT2D eigenvalue weighted by atomic mass is 19.1. The predicted octanol–water partition coefficient (Wildman–Crippen LogP) is 5.04. The van der Waals surface area contributed by atoms with Crippen LogP contribution in [0.5, 0.6) is 0 Å². The first-order valence-corrected chi connectivity index (χ1v) is 9.15. The van der Waals surface area contributed by atoms with E-state index in [2.05, 4.69) is 11.8 Å². The first-order chi connectivity index (χ1) is 12.9. The smallest absolute Gasteiger partial charge is 0.335 e. The fraction of sp³-hybridized carbons (Fsp3) is 0.273. The van der Waals surface area contributed by atoms with Gasteiger partial charge in [0.05, 0.1) is 22.5 Å². The molecule has 3 aromatic rings. The number of aromatic nitrogens is 1. The fourth-order valence-corrected chi connectivity index (χ4v) is 3.90. The van der Waals surface area contributed by atoms with Gasteiger partial charge in [0.2, 0.25) is 0 Å². The molecule has 0 bridgehead atoms. The molecule has 1 aromatic heterocycles. The summed E-state index contributed by atoms with van der Waals surface area (Å²) in [5.74, 6) is -1.22. The molecule has 1 fully saturated rings. The summed E-state index contributed by atoms with van der Waals surface area (Å²) in [4.78, 5) is 18.5. The molecule has 0 saturated carbocycles. The van der Waals surface area contributed by atoms with Crippen LogP contribution >= 0.6 is 0 Å². The van der Waals surface area contributed by atoms with Crippen LogP contribution in [-0.2, 0) is 0 Å². The molecule has 1 aliphatic heterocycles. The maximum absolute atomic E-state index is 13.6. The van der Waals surface area contributed by atoms with Crippen LogP contribution in [-0.4, -0.2) is 28.6 Å². The second kappa shape index (κ2) is 6.65. The summed E-state index contributed by atoms with van der Waals surface area (Å²) in [5, 5.41) is 10.1. The van der Waals surface area contributed by atoms with Crippen LogP contribution < -0.4 is 4.90 Å². The van der Waals surface area contributed by atoms with E-state index >= 15 is 0 Å². The van der Waals surface area contributed by atoms with Gasteiger partial charge in [-0.25, -0.2) is 14.2 Å². The number of hydrogen-bond donors (Lipinski definition) is 1. The Morgan fingerprint density at radius 2 is 2.04 bits per heavy atom. The number of nitrogens with zero attached hydrogens (tertiary/aromatic N) is 2. The molecule has 1 N–H and O–H groups in total. The van der Waals surface area contributed by atoms with Crippen molar-refractivity contribution in [2.75, 3.05) is 11.4 Å². The first kappa shape index (κ1) is 17.5. The lowest BCUT2D eigenvalue weighted by atomic mass is 10.0. The second-order valence-corrected chi connectivity index (χ2v) is 7.21. The molecule has 138 valence electrons. The molecule has 1 saturated heterocycles. The summed E-state index contributed by atoms with van der Waals surface area (Å²) in [6.07, 6.45) is 2.21. The molecule has 0 amide bonds. The van der Waals surface area contributed by atoms with E-state index in [4.69, 9.17) is 4.98 Å². The van der Waals surface area contributed by atoms with E-state index < -0.39 is 5.97 Å². The normalized spacial score (nSPS) is 16.9. The molecule has 4 rings (SSSR count). The maximum atomic E-state index is 13.6. The third-order valence-electron chi connectivity index (χ3n) is 5.35. The van der Waals surface area contributed by atoms with E-state index in [1.807, 2.05) is 13.0 Å². The first-order valence-electron chi connectivity index (χ1n) is 9.15. The molecule has 5 heteroatoms. The van der Waals surface area contributed by atoms with Gasteiger partial charge in [-0.1, -0.05) is 0 Å². The van der Waals surface area contributed by atoms with Gasteiger partial charge in [-0.15, -0.1) is 0 Å². The highest BCUT2D eigenvalue weighted by Gasteiger charge is 2.25. The van der Waals surface area contributed by atoms with E-state index in [0.29, 0.717) is 6.04 Å². The van der Waals surface area contributed by atoms with E-state index in [1.165, 1.54) is 12.1 Å². The molecule has 2 aromatic carbocycles. The number of halogens is 1. The zero-order valence-corrected chi connectivity index (χ0v) is 15.4. The van der Waals surface area contributed by atoms with Crippen LogP contribution in [0.25, 0.3) is 22.2 Å². The van der Waals surface area contributed by atoms with E-state index in [-0.39, 0.29) is 11.4 Å². The van der Waals surface area contributed by atoms with Gasteiger partial charge in [-0.3, -0.25) is 0 Å². The number of aryl methyl sites for hydroxylation is 1. The van der Waals surface area contributed by atoms with Gasteiger partial charge >= 0.3 is 5.97 Å². The predicted molar refractivity (Wildman–Crippen MR) is 105 cm³/mol. The number of pyridine rings is 1. The van der Waals surface area contributed by atoms with Crippen molar-refractivity contribution >= 4 is 22.6 Å². The van der Waals surface area contributed by atoms with Crippen molar-refractivity contribution in [1.82, 2.24) is 4.98 Å². The average molecular weight is 364 g/mol. The average Bonchev–Trinajstić information content (AvgIpc) is 3.06. The number of benzene rings is 2. The van der Waals surface area contributed by atoms with Crippen LogP contribution in [0.1, 0.15) is 35.7 Å². The minimum atomic E-state index is -0.952. The zero-order valence-electron chi connectivity index (χ0n) is 15.4. The summed E-state index contributed by atoms with van der Waals surface area (Å²) in [6.45, 7) is 5.00. The Bertz CT molecular complexity index is 1050. The van der Waals surface area contributed by atoms with E-state index in [9.17, 15) is 14.3 Å². The Labute approximate surface area is 157 Å². The van der Waals surface area contributed by atoms with Crippen molar-refractivity contribution in [2.24, 2.45) is 0 Å². The minimum Gasteiger partial charge on any atom is -0.478 e. The topological polar surface area (TPSA) is 53.4 Å². The third-order valence-corrected chi connectivity index (χ3v) is 5.35. The Hall–Kier alpha value is -2.95. The Balaban J connectivity index is 1.97. The Morgan fingerprint density at radius 1 is 1.22 bits per heavy atom. The Kier molecular flexibility index (Phi) is 4.30. The standard InChI is InChI=1S/C22H21FN2O2/c1-13-10-17(23)6-7-18(13)21-20(25-9-3-4-14(25)2)12-16-11-15(22(26)27)5-8-19(16)24-21/h5-8,10-12,14H,3-4,9H2,1-2H3,(H,26,27). The summed E-state index contributed by atoms with van der Waals surface area (Å²) in [7, 11) is 0. The highest BCUT2D eigenvalue weighted by molar-refractivity contribution is 5.96. The van der Waals surface area contributed by atoms with Crippen LogP contribution in [0.2, 0.25) is 0 Å². The maximum Gasteiger partial charge on any atom is 0.335 e. The minimum absolute atomic E-state index is 0.246. The summed E-state index contributed by atoms with van der Waals surface area (Å²) < 4.78 is 13.6. The van der Waals surface area contributed by atoms with Crippen LogP contribution in [0.4, 0.5) is 10.1 Å². The molecule has 0 radical (unpaired) electrons. The van der Waals surface area contributed by atoms with Crippen molar-refractivity contribution in [3.63, 3.8) is 0 Å². The molecule has 4 nitrogen and oxygen atoms in total. The number of hydrogen-bond acceptors (Lipinski definition) is 3. The number of aromatic carboxylic acids is 1. The lowest BCUT2D eigenvalue weighted by Gasteiger charge is -2.27. The molecule has 1 atom stereocenters. The molecule has 2 heterocycles. The molecule has 1 aliphatic rings. The summed E-state index contributed by atoms with van der Waals surface area (Å²) in [5.41, 5.74) is 4.50. The van der Waals surface area contributed by atoms with Crippen LogP contribution in [0, 0.1) is 12.7 Å². The van der Waals surface area contributed by atoms with E-state index in [0.717, 1.165) is 52.8 Å². The fourth-order valence-electron chi connectivity index (χ4n) is 3.90. The van der Waals surface area contributed by atoms with Gasteiger partial charge in [0.1, 0.15) is 5.82 Å². The third kappa shape index (κ3) is 3.14. The molecule has 0 aliphatic carbocycles. The summed E-state index contributed by atoms with van der Waals surface area (Å²) >= 11 is 0. The number of fused-ring (bicyclic) bond motifs is 1. The molecule has 1 unspecified atom stereocenters. The number of anilines is 1. The highest BCUT2D eigenvalue weighted by Crippen LogP contribution is 2.37. The van der Waals surface area contributed by atoms with Gasteiger partial charge in [0, 0.05) is 23.5 Å². The zero-order chi connectivity index (χ0) is 19.1. The van der Waals surface area contributed by atoms with Gasteiger partial charge in [-0.2, -0.15) is 0 Å². The van der Waals surface area contributed by atoms with Gasteiger partial charge in [-0.05, 0) is 74.7 Å². The second-order valence-electron chi connectivity index (χ2n) is 7.21. The quantitative estimate of drug-likeness (QED) is 0.708. The molecular weight excluding hydrogens is 343 g/mol. The molecule has 27 heavy (non-hydrogen) atoms. The summed E-state index contributed by atoms with van der Waals surface area (Å²) in [6, 6.07) is 12.1. The largest absolute Gasteiger partial charge is 0.478 e. The Morgan fingerprint density at radius 3 is 2.70 bits per heavy atom. The lowest BCUT2D eigenvalue weighted by molar-refractivity contribution is 0.0697. The van der Waals surface area contributed by atoms with Gasteiger partial charge in [0.15, 0.2) is 0 Å². The number of rotatable bonds is 3. The van der Waals surface area contributed by atoms with Crippen LogP contribution in [0.15, 0.2) is 42.5 Å². The van der Waals surface area contributed by atoms with Crippen molar-refractivity contribution in [1.29, 1.82) is 0 Å². The van der Waals surface area contributed by atoms with Crippen molar-refractivity contribution in [3.8, 4) is 11.3 Å². The van der Waals surface area contributed by atoms with Crippen LogP contribution in [0.3, 0.4) is 0 Å². The lowest BCUT2D eigenvalue weighted by Crippen LogP contribution is -2.27. The molecule has 0 spiro atoms. The monoisotopic (exact) mass is 364 g/mol. The molecular formula is C22H21FN2O2. The SMILES string of the molecule is Cc1cc(F)ccc1-c1nc2ccc(C(=O)O)cc2cc1N1CCCC1C. The van der Waals surface area contributed by atoms with Crippen molar-refractivity contribution in [2.45, 2.75) is 32.7 Å². The van der Waals surface area contributed by atoms with Gasteiger partial charge in [0.25, 0.3) is 0 Å².